The lowest BCUT2D eigenvalue weighted by atomic mass is 9.92. The summed E-state index contributed by atoms with van der Waals surface area (Å²) in [6, 6.07) is 0. The van der Waals surface area contributed by atoms with Gasteiger partial charge >= 0.3 is 0 Å². The normalized spacial score (nSPS) is 17.1. The van der Waals surface area contributed by atoms with Crippen molar-refractivity contribution in [2.24, 2.45) is 11.8 Å². The Hall–Kier alpha value is -0.300. The summed E-state index contributed by atoms with van der Waals surface area (Å²) in [5.74, 6) is 1.62. The molecule has 96 valence electrons. The second-order valence-corrected chi connectivity index (χ2v) is 5.88. The standard InChI is InChI=1S/C15H30O/c1-6-15(5,16)12-8-11-14(4)10-7-9-13(2)3/h6,13-14,16H,1,7-12H2,2-5H3/t14-,15-/m0/s1. The average molecular weight is 226 g/mol. The molecule has 0 bridgehead atoms. The summed E-state index contributed by atoms with van der Waals surface area (Å²) in [4.78, 5) is 0. The molecule has 0 saturated heterocycles. The summed E-state index contributed by atoms with van der Waals surface area (Å²) in [5.41, 5.74) is -0.669. The Bertz CT molecular complexity index is 182. The van der Waals surface area contributed by atoms with E-state index >= 15 is 0 Å². The number of hydrogen-bond acceptors (Lipinski definition) is 1. The molecule has 1 nitrogen and oxygen atoms in total. The molecule has 0 spiro atoms. The van der Waals surface area contributed by atoms with E-state index in [1.807, 2.05) is 6.92 Å². The van der Waals surface area contributed by atoms with Crippen molar-refractivity contribution in [3.8, 4) is 0 Å². The largest absolute Gasteiger partial charge is 0.386 e. The summed E-state index contributed by atoms with van der Waals surface area (Å²) in [5, 5.41) is 9.77. The maximum atomic E-state index is 9.77. The second-order valence-electron chi connectivity index (χ2n) is 5.88. The van der Waals surface area contributed by atoms with E-state index in [0.29, 0.717) is 0 Å². The maximum Gasteiger partial charge on any atom is 0.0797 e. The first kappa shape index (κ1) is 15.7. The Morgan fingerprint density at radius 1 is 1.12 bits per heavy atom. The molecule has 0 aliphatic carbocycles. The van der Waals surface area contributed by atoms with Crippen LogP contribution in [0.15, 0.2) is 12.7 Å². The van der Waals surface area contributed by atoms with E-state index in [9.17, 15) is 5.11 Å². The fourth-order valence-electron chi connectivity index (χ4n) is 1.93. The van der Waals surface area contributed by atoms with Gasteiger partial charge in [0, 0.05) is 0 Å². The third kappa shape index (κ3) is 8.96. The summed E-state index contributed by atoms with van der Waals surface area (Å²) in [6.45, 7) is 12.4. The quantitative estimate of drug-likeness (QED) is 0.572. The SMILES string of the molecule is C=C[C@](C)(O)CCC[C@@H](C)CCCC(C)C. The van der Waals surface area contributed by atoms with Crippen LogP contribution in [0.25, 0.3) is 0 Å². The lowest BCUT2D eigenvalue weighted by molar-refractivity contribution is 0.0974. The van der Waals surface area contributed by atoms with Gasteiger partial charge in [-0.15, -0.1) is 6.58 Å². The van der Waals surface area contributed by atoms with Gasteiger partial charge in [0.2, 0.25) is 0 Å². The molecule has 0 saturated carbocycles. The molecular weight excluding hydrogens is 196 g/mol. The molecule has 0 unspecified atom stereocenters. The molecular formula is C15H30O. The Morgan fingerprint density at radius 2 is 1.69 bits per heavy atom. The van der Waals surface area contributed by atoms with Crippen LogP contribution in [0.3, 0.4) is 0 Å². The Morgan fingerprint density at radius 3 is 2.19 bits per heavy atom. The van der Waals surface area contributed by atoms with Crippen LogP contribution in [-0.4, -0.2) is 10.7 Å². The lowest BCUT2D eigenvalue weighted by Gasteiger charge is -2.19. The maximum absolute atomic E-state index is 9.77. The van der Waals surface area contributed by atoms with E-state index in [1.165, 1.54) is 25.7 Å². The van der Waals surface area contributed by atoms with Gasteiger partial charge in [-0.1, -0.05) is 59.0 Å². The molecule has 0 aliphatic rings. The van der Waals surface area contributed by atoms with Gasteiger partial charge in [-0.2, -0.15) is 0 Å². The van der Waals surface area contributed by atoms with Gasteiger partial charge in [0.25, 0.3) is 0 Å². The van der Waals surface area contributed by atoms with E-state index in [0.717, 1.165) is 24.7 Å². The molecule has 1 N–H and O–H groups in total. The molecule has 16 heavy (non-hydrogen) atoms. The van der Waals surface area contributed by atoms with Crippen molar-refractivity contribution >= 4 is 0 Å². The third-order valence-electron chi connectivity index (χ3n) is 3.30. The van der Waals surface area contributed by atoms with E-state index in [4.69, 9.17) is 0 Å². The molecule has 0 heterocycles. The summed E-state index contributed by atoms with van der Waals surface area (Å²) >= 11 is 0. The Labute approximate surface area is 102 Å². The van der Waals surface area contributed by atoms with Gasteiger partial charge < -0.3 is 5.11 Å². The second kappa shape index (κ2) is 7.89. The molecule has 0 aromatic heterocycles. The van der Waals surface area contributed by atoms with Crippen molar-refractivity contribution in [1.29, 1.82) is 0 Å². The van der Waals surface area contributed by atoms with Crippen molar-refractivity contribution in [2.45, 2.75) is 71.8 Å². The van der Waals surface area contributed by atoms with Crippen LogP contribution in [0.5, 0.6) is 0 Å². The fraction of sp³-hybridized carbons (Fsp3) is 0.867. The van der Waals surface area contributed by atoms with Crippen LogP contribution in [0.4, 0.5) is 0 Å². The van der Waals surface area contributed by atoms with E-state index in [-0.39, 0.29) is 0 Å². The Kier molecular flexibility index (Phi) is 7.74. The minimum Gasteiger partial charge on any atom is -0.386 e. The van der Waals surface area contributed by atoms with Crippen LogP contribution >= 0.6 is 0 Å². The van der Waals surface area contributed by atoms with Crippen LogP contribution in [0, 0.1) is 11.8 Å². The molecule has 0 aromatic rings. The van der Waals surface area contributed by atoms with Crippen molar-refractivity contribution in [3.63, 3.8) is 0 Å². The van der Waals surface area contributed by atoms with Crippen LogP contribution in [0.2, 0.25) is 0 Å². The summed E-state index contributed by atoms with van der Waals surface area (Å²) in [7, 11) is 0. The highest BCUT2D eigenvalue weighted by Gasteiger charge is 2.15. The highest BCUT2D eigenvalue weighted by molar-refractivity contribution is 4.91. The minimum atomic E-state index is -0.669. The van der Waals surface area contributed by atoms with E-state index < -0.39 is 5.60 Å². The van der Waals surface area contributed by atoms with Gasteiger partial charge in [0.1, 0.15) is 0 Å². The van der Waals surface area contributed by atoms with Crippen LogP contribution < -0.4 is 0 Å². The van der Waals surface area contributed by atoms with Crippen LogP contribution in [0.1, 0.15) is 66.2 Å². The highest BCUT2D eigenvalue weighted by Crippen LogP contribution is 2.21. The highest BCUT2D eigenvalue weighted by atomic mass is 16.3. The molecule has 0 radical (unpaired) electrons. The first-order valence-electron chi connectivity index (χ1n) is 6.73. The predicted octanol–water partition coefficient (Wildman–Crippen LogP) is 4.56. The summed E-state index contributed by atoms with van der Waals surface area (Å²) < 4.78 is 0. The van der Waals surface area contributed by atoms with Gasteiger partial charge in [-0.3, -0.25) is 0 Å². The zero-order valence-electron chi connectivity index (χ0n) is 11.6. The van der Waals surface area contributed by atoms with Crippen molar-refractivity contribution in [3.05, 3.63) is 12.7 Å². The molecule has 0 aliphatic heterocycles. The number of rotatable bonds is 9. The predicted molar refractivity (Wildman–Crippen MR) is 72.5 cm³/mol. The topological polar surface area (TPSA) is 20.2 Å². The smallest absolute Gasteiger partial charge is 0.0797 e. The molecule has 0 rings (SSSR count). The van der Waals surface area contributed by atoms with Crippen molar-refractivity contribution in [1.82, 2.24) is 0 Å². The number of hydrogen-bond donors (Lipinski definition) is 1. The molecule has 0 aromatic carbocycles. The van der Waals surface area contributed by atoms with Gasteiger partial charge in [-0.25, -0.2) is 0 Å². The average Bonchev–Trinajstić information content (AvgIpc) is 2.17. The van der Waals surface area contributed by atoms with E-state index in [2.05, 4.69) is 27.4 Å². The number of aliphatic hydroxyl groups is 1. The van der Waals surface area contributed by atoms with Crippen LogP contribution in [-0.2, 0) is 0 Å². The van der Waals surface area contributed by atoms with Crippen molar-refractivity contribution in [2.75, 3.05) is 0 Å². The van der Waals surface area contributed by atoms with Gasteiger partial charge in [0.05, 0.1) is 5.60 Å². The first-order chi connectivity index (χ1) is 7.37. The zero-order valence-corrected chi connectivity index (χ0v) is 11.6. The van der Waals surface area contributed by atoms with Crippen molar-refractivity contribution < 1.29 is 5.11 Å². The fourth-order valence-corrected chi connectivity index (χ4v) is 1.93. The lowest BCUT2D eigenvalue weighted by Crippen LogP contribution is -2.20. The zero-order chi connectivity index (χ0) is 12.6. The van der Waals surface area contributed by atoms with Gasteiger partial charge in [0.15, 0.2) is 0 Å². The molecule has 2 atom stereocenters. The van der Waals surface area contributed by atoms with Gasteiger partial charge in [-0.05, 0) is 25.2 Å². The molecule has 0 amide bonds. The third-order valence-corrected chi connectivity index (χ3v) is 3.30. The summed E-state index contributed by atoms with van der Waals surface area (Å²) in [6.07, 6.45) is 8.82. The molecule has 1 heteroatoms. The molecule has 0 fully saturated rings. The first-order valence-corrected chi connectivity index (χ1v) is 6.73. The monoisotopic (exact) mass is 226 g/mol. The van der Waals surface area contributed by atoms with E-state index in [1.54, 1.807) is 6.08 Å². The Balaban J connectivity index is 3.50. The minimum absolute atomic E-state index is 0.669.